The van der Waals surface area contributed by atoms with Crippen molar-refractivity contribution in [3.63, 3.8) is 0 Å². The van der Waals surface area contributed by atoms with E-state index in [0.29, 0.717) is 12.1 Å². The topological polar surface area (TPSA) is 29.1 Å². The third kappa shape index (κ3) is 3.19. The molecule has 1 aromatic carbocycles. The van der Waals surface area contributed by atoms with Crippen LogP contribution in [0.4, 0.5) is 0 Å². The van der Waals surface area contributed by atoms with Crippen molar-refractivity contribution in [2.45, 2.75) is 0 Å². The number of nitrogens with one attached hydrogen (secondary N) is 1. The van der Waals surface area contributed by atoms with Gasteiger partial charge in [-0.15, -0.1) is 0 Å². The summed E-state index contributed by atoms with van der Waals surface area (Å²) in [6, 6.07) is 7.23. The van der Waals surface area contributed by atoms with Gasteiger partial charge in [-0.1, -0.05) is 28.1 Å². The maximum Gasteiger partial charge on any atom is 0.251 e. The highest BCUT2D eigenvalue weighted by Crippen LogP contribution is 2.03. The van der Waals surface area contributed by atoms with E-state index in [-0.39, 0.29) is 5.91 Å². The number of hydrogen-bond donors (Lipinski definition) is 1. The van der Waals surface area contributed by atoms with Crippen LogP contribution in [0.2, 0.25) is 0 Å². The van der Waals surface area contributed by atoms with E-state index in [4.69, 9.17) is 0 Å². The minimum Gasteiger partial charge on any atom is -0.351 e. The van der Waals surface area contributed by atoms with Crippen LogP contribution in [-0.4, -0.2) is 17.8 Å². The fraction of sp³-hybridized carbons (Fsp3) is 0.200. The zero-order valence-corrected chi connectivity index (χ0v) is 8.80. The van der Waals surface area contributed by atoms with E-state index in [1.807, 2.05) is 12.1 Å². The molecular weight excluding hydrogens is 230 g/mol. The molecule has 0 atom stereocenters. The lowest BCUT2D eigenvalue weighted by molar-refractivity contribution is 0.0956. The third-order valence-electron chi connectivity index (χ3n) is 1.57. The SMILES string of the molecule is [CH2]c1cccc(C(=O)NCCBr)c1. The van der Waals surface area contributed by atoms with Gasteiger partial charge in [-0.25, -0.2) is 0 Å². The maximum atomic E-state index is 11.4. The first kappa shape index (κ1) is 10.3. The molecule has 1 aromatic rings. The van der Waals surface area contributed by atoms with Gasteiger partial charge in [-0.3, -0.25) is 4.79 Å². The number of carbonyl (C=O) groups excluding carboxylic acids is 1. The Bertz CT molecular complexity index is 299. The van der Waals surface area contributed by atoms with Crippen LogP contribution in [0.3, 0.4) is 0 Å². The standard InChI is InChI=1S/C10H11BrNO/c1-8-3-2-4-9(7-8)10(13)12-6-5-11/h2-4,7H,1,5-6H2,(H,12,13). The lowest BCUT2D eigenvalue weighted by Crippen LogP contribution is -2.25. The number of carbonyl (C=O) groups is 1. The van der Waals surface area contributed by atoms with E-state index < -0.39 is 0 Å². The van der Waals surface area contributed by atoms with E-state index in [9.17, 15) is 4.79 Å². The number of amides is 1. The molecule has 0 saturated heterocycles. The Morgan fingerprint density at radius 1 is 1.54 bits per heavy atom. The molecule has 13 heavy (non-hydrogen) atoms. The molecule has 2 nitrogen and oxygen atoms in total. The van der Waals surface area contributed by atoms with Gasteiger partial charge in [0.1, 0.15) is 0 Å². The molecule has 3 heteroatoms. The van der Waals surface area contributed by atoms with E-state index in [1.165, 1.54) is 0 Å². The number of benzene rings is 1. The molecule has 0 unspecified atom stereocenters. The molecule has 1 rings (SSSR count). The zero-order chi connectivity index (χ0) is 9.68. The smallest absolute Gasteiger partial charge is 0.251 e. The van der Waals surface area contributed by atoms with Gasteiger partial charge in [0, 0.05) is 17.4 Å². The molecule has 0 heterocycles. The van der Waals surface area contributed by atoms with Crippen molar-refractivity contribution < 1.29 is 4.79 Å². The third-order valence-corrected chi connectivity index (χ3v) is 1.97. The molecule has 0 aliphatic carbocycles. The quantitative estimate of drug-likeness (QED) is 0.805. The van der Waals surface area contributed by atoms with Crippen molar-refractivity contribution in [3.8, 4) is 0 Å². The van der Waals surface area contributed by atoms with Gasteiger partial charge in [0.05, 0.1) is 0 Å². The second-order valence-electron chi connectivity index (χ2n) is 2.65. The zero-order valence-electron chi connectivity index (χ0n) is 7.22. The van der Waals surface area contributed by atoms with Crippen LogP contribution >= 0.6 is 15.9 Å². The highest BCUT2D eigenvalue weighted by molar-refractivity contribution is 9.09. The summed E-state index contributed by atoms with van der Waals surface area (Å²) in [6.45, 7) is 4.39. The lowest BCUT2D eigenvalue weighted by atomic mass is 10.1. The maximum absolute atomic E-state index is 11.4. The van der Waals surface area contributed by atoms with Crippen LogP contribution in [-0.2, 0) is 0 Å². The molecule has 0 spiro atoms. The second kappa shape index (κ2) is 5.02. The fourth-order valence-corrected chi connectivity index (χ4v) is 1.17. The van der Waals surface area contributed by atoms with Crippen molar-refractivity contribution in [3.05, 3.63) is 42.3 Å². The summed E-state index contributed by atoms with van der Waals surface area (Å²) in [4.78, 5) is 11.4. The highest BCUT2D eigenvalue weighted by Gasteiger charge is 2.02. The summed E-state index contributed by atoms with van der Waals surface area (Å²) in [7, 11) is 0. The molecule has 1 radical (unpaired) electrons. The summed E-state index contributed by atoms with van der Waals surface area (Å²) in [5.74, 6) is -0.0510. The molecule has 1 amide bonds. The van der Waals surface area contributed by atoms with Crippen LogP contribution in [0.5, 0.6) is 0 Å². The van der Waals surface area contributed by atoms with Crippen molar-refractivity contribution in [1.29, 1.82) is 0 Å². The van der Waals surface area contributed by atoms with Crippen LogP contribution in [0, 0.1) is 6.92 Å². The Kier molecular flexibility index (Phi) is 3.96. The molecule has 0 aliphatic rings. The molecule has 0 aliphatic heterocycles. The number of halogens is 1. The van der Waals surface area contributed by atoms with E-state index >= 15 is 0 Å². The lowest BCUT2D eigenvalue weighted by Gasteiger charge is -2.03. The minimum atomic E-state index is -0.0510. The Balaban J connectivity index is 2.66. The predicted octanol–water partition coefficient (Wildman–Crippen LogP) is 1.99. The van der Waals surface area contributed by atoms with Gasteiger partial charge in [0.2, 0.25) is 0 Å². The molecule has 0 aromatic heterocycles. The molecular formula is C10H11BrNO. The van der Waals surface area contributed by atoms with Gasteiger partial charge in [0.15, 0.2) is 0 Å². The van der Waals surface area contributed by atoms with E-state index in [2.05, 4.69) is 28.2 Å². The molecule has 0 bridgehead atoms. The van der Waals surface area contributed by atoms with Gasteiger partial charge in [-0.2, -0.15) is 0 Å². The monoisotopic (exact) mass is 240 g/mol. The molecule has 69 valence electrons. The average molecular weight is 241 g/mol. The van der Waals surface area contributed by atoms with Gasteiger partial charge in [0.25, 0.3) is 5.91 Å². The highest BCUT2D eigenvalue weighted by atomic mass is 79.9. The van der Waals surface area contributed by atoms with Gasteiger partial charge >= 0.3 is 0 Å². The number of alkyl halides is 1. The van der Waals surface area contributed by atoms with Crippen LogP contribution in [0.1, 0.15) is 15.9 Å². The first-order valence-corrected chi connectivity index (χ1v) is 5.12. The minimum absolute atomic E-state index is 0.0510. The Labute approximate surface area is 86.5 Å². The van der Waals surface area contributed by atoms with Crippen molar-refractivity contribution in [2.75, 3.05) is 11.9 Å². The summed E-state index contributed by atoms with van der Waals surface area (Å²) in [5.41, 5.74) is 1.51. The normalized spacial score (nSPS) is 9.69. The van der Waals surface area contributed by atoms with Crippen molar-refractivity contribution in [2.24, 2.45) is 0 Å². The largest absolute Gasteiger partial charge is 0.351 e. The van der Waals surface area contributed by atoms with E-state index in [1.54, 1.807) is 12.1 Å². The van der Waals surface area contributed by atoms with Crippen LogP contribution < -0.4 is 5.32 Å². The van der Waals surface area contributed by atoms with E-state index in [0.717, 1.165) is 10.9 Å². The summed E-state index contributed by atoms with van der Waals surface area (Å²) < 4.78 is 0. The summed E-state index contributed by atoms with van der Waals surface area (Å²) in [5, 5.41) is 3.53. The first-order chi connectivity index (χ1) is 6.24. The Hall–Kier alpha value is -0.830. The molecule has 0 fully saturated rings. The summed E-state index contributed by atoms with van der Waals surface area (Å²) >= 11 is 3.24. The fourth-order valence-electron chi connectivity index (χ4n) is 0.975. The average Bonchev–Trinajstić information content (AvgIpc) is 2.14. The van der Waals surface area contributed by atoms with Gasteiger partial charge in [-0.05, 0) is 24.6 Å². The van der Waals surface area contributed by atoms with Crippen LogP contribution in [0.25, 0.3) is 0 Å². The van der Waals surface area contributed by atoms with Crippen LogP contribution in [0.15, 0.2) is 24.3 Å². The van der Waals surface area contributed by atoms with Gasteiger partial charge < -0.3 is 5.32 Å². The predicted molar refractivity (Wildman–Crippen MR) is 57.0 cm³/mol. The number of rotatable bonds is 3. The number of hydrogen-bond acceptors (Lipinski definition) is 1. The second-order valence-corrected chi connectivity index (χ2v) is 3.44. The summed E-state index contributed by atoms with van der Waals surface area (Å²) in [6.07, 6.45) is 0. The Morgan fingerprint density at radius 2 is 2.31 bits per heavy atom. The molecule has 0 saturated carbocycles. The van der Waals surface area contributed by atoms with Crippen molar-refractivity contribution in [1.82, 2.24) is 5.32 Å². The Morgan fingerprint density at radius 3 is 2.92 bits per heavy atom. The molecule has 1 N–H and O–H groups in total. The first-order valence-electron chi connectivity index (χ1n) is 4.00. The van der Waals surface area contributed by atoms with Crippen molar-refractivity contribution >= 4 is 21.8 Å².